The number of aliphatic imine (C=N–C) groups is 1. The van der Waals surface area contributed by atoms with Crippen molar-refractivity contribution in [3.05, 3.63) is 87.3 Å². The molecule has 398 valence electrons. The lowest BCUT2D eigenvalue weighted by Crippen LogP contribution is -2.44. The second kappa shape index (κ2) is 21.9. The zero-order valence-corrected chi connectivity index (χ0v) is 42.7. The number of fused-ring (bicyclic) bond motifs is 1. The number of carbonyl (C=O) groups excluding carboxylic acids is 2. The van der Waals surface area contributed by atoms with E-state index in [9.17, 15) is 63.3 Å². The van der Waals surface area contributed by atoms with Gasteiger partial charge in [0.05, 0.1) is 33.3 Å². The standard InChI is InChI=1S/C44H46ClF10N8O7PS2/c1-22-18-42(48,49)37(32(22)36(56)44(53,54)55)57-19-31(64)60-30(16-23-14-24(46)17-25(47)15-23)34-27(9-8-26(59-34)12-13-41(4,5)73(7)69)28-10-11-29(45)33-35(28)62(21-43(50,51)52)61-38(33)63(72-6)39(65)58-20-40(2,3)70-71(66,67)68/h8-11,14-15,17,22,30H,16,18-21,56H2,1-7H3,(H,58,65)(H,60,64)(H2,66,67,68)/b36-32-,57-37?/t22-,30?,73?/m0/s1. The van der Waals surface area contributed by atoms with Crippen molar-refractivity contribution in [3.8, 4) is 23.0 Å². The first-order valence-corrected chi connectivity index (χ1v) is 25.8. The van der Waals surface area contributed by atoms with Crippen LogP contribution in [0.15, 0.2) is 58.7 Å². The van der Waals surface area contributed by atoms with Gasteiger partial charge in [0.2, 0.25) is 5.91 Å². The minimum Gasteiger partial charge on any atom is -0.394 e. The van der Waals surface area contributed by atoms with Crippen LogP contribution in [0.2, 0.25) is 5.02 Å². The molecule has 73 heavy (non-hydrogen) atoms. The van der Waals surface area contributed by atoms with Crippen molar-refractivity contribution in [1.29, 1.82) is 0 Å². The number of pyridine rings is 1. The van der Waals surface area contributed by atoms with E-state index in [4.69, 9.17) is 21.9 Å². The summed E-state index contributed by atoms with van der Waals surface area (Å²) in [4.78, 5) is 54.6. The van der Waals surface area contributed by atoms with Crippen molar-refractivity contribution in [1.82, 2.24) is 25.4 Å². The summed E-state index contributed by atoms with van der Waals surface area (Å²) in [5.74, 6) is -3.87. The summed E-state index contributed by atoms with van der Waals surface area (Å²) in [5.41, 5.74) is -2.14. The third-order valence-electron chi connectivity index (χ3n) is 10.8. The Morgan fingerprint density at radius 1 is 1.08 bits per heavy atom. The Kier molecular flexibility index (Phi) is 17.6. The van der Waals surface area contributed by atoms with E-state index in [0.29, 0.717) is 22.7 Å². The number of phosphoric ester groups is 1. The van der Waals surface area contributed by atoms with Crippen LogP contribution in [0.3, 0.4) is 0 Å². The number of nitrogens with one attached hydrogen (secondary N) is 2. The quantitative estimate of drug-likeness (QED) is 0.0328. The lowest BCUT2D eigenvalue weighted by molar-refractivity contribution is -0.141. The number of hydrogen-bond acceptors (Lipinski definition) is 10. The number of rotatable bonds is 15. The lowest BCUT2D eigenvalue weighted by atomic mass is 9.93. The van der Waals surface area contributed by atoms with Crippen LogP contribution in [0.5, 0.6) is 0 Å². The van der Waals surface area contributed by atoms with Gasteiger partial charge in [0.25, 0.3) is 5.92 Å². The number of phosphoric acid groups is 1. The molecule has 1 aliphatic carbocycles. The molecular formula is C44H46ClF10N8O7PS2. The van der Waals surface area contributed by atoms with Crippen LogP contribution in [0.4, 0.5) is 54.5 Å². The van der Waals surface area contributed by atoms with E-state index >= 15 is 8.78 Å². The molecule has 1 aliphatic rings. The number of benzene rings is 2. The highest BCUT2D eigenvalue weighted by atomic mass is 35.5. The van der Waals surface area contributed by atoms with E-state index in [-0.39, 0.29) is 38.5 Å². The van der Waals surface area contributed by atoms with Gasteiger partial charge in [-0.05, 0) is 93.8 Å². The van der Waals surface area contributed by atoms with E-state index in [0.717, 1.165) is 23.4 Å². The Balaban J connectivity index is 1.79. The van der Waals surface area contributed by atoms with Crippen molar-refractivity contribution in [3.63, 3.8) is 0 Å². The zero-order valence-electron chi connectivity index (χ0n) is 39.4. The number of allylic oxidation sites excluding steroid dienone is 2. The molecular weight excluding hydrogens is 1070 g/mol. The molecule has 2 unspecified atom stereocenters. The van der Waals surface area contributed by atoms with Crippen molar-refractivity contribution in [2.75, 3.05) is 29.9 Å². The molecule has 15 nitrogen and oxygen atoms in total. The van der Waals surface area contributed by atoms with Gasteiger partial charge in [-0.2, -0.15) is 40.2 Å². The first kappa shape index (κ1) is 58.7. The summed E-state index contributed by atoms with van der Waals surface area (Å²) in [6, 6.07) is 4.48. The molecule has 1 saturated carbocycles. The van der Waals surface area contributed by atoms with Gasteiger partial charge in [-0.25, -0.2) is 27.4 Å². The molecule has 3 atom stereocenters. The number of urea groups is 1. The Hall–Kier alpha value is -5.23. The third-order valence-corrected chi connectivity index (χ3v) is 14.1. The van der Waals surface area contributed by atoms with Gasteiger partial charge >= 0.3 is 26.2 Å². The first-order valence-electron chi connectivity index (χ1n) is 21.2. The Morgan fingerprint density at radius 3 is 2.26 bits per heavy atom. The molecule has 3 amide bonds. The van der Waals surface area contributed by atoms with Gasteiger partial charge in [0.1, 0.15) is 46.6 Å². The molecule has 2 aromatic heterocycles. The highest BCUT2D eigenvalue weighted by Crippen LogP contribution is 2.46. The monoisotopic (exact) mass is 1120 g/mol. The van der Waals surface area contributed by atoms with Gasteiger partial charge in [-0.15, -0.1) is 0 Å². The normalized spacial score (nSPS) is 17.5. The molecule has 4 aromatic rings. The van der Waals surface area contributed by atoms with Gasteiger partial charge in [0.15, 0.2) is 5.82 Å². The number of hydrogen-bond donors (Lipinski definition) is 5. The lowest BCUT2D eigenvalue weighted by Gasteiger charge is -2.27. The molecule has 29 heteroatoms. The highest BCUT2D eigenvalue weighted by Gasteiger charge is 2.52. The average Bonchev–Trinajstić information content (AvgIpc) is 3.70. The summed E-state index contributed by atoms with van der Waals surface area (Å²) in [7, 11) is -6.64. The van der Waals surface area contributed by atoms with Crippen molar-refractivity contribution in [2.45, 2.75) is 88.7 Å². The molecule has 0 bridgehead atoms. The largest absolute Gasteiger partial charge is 0.470 e. The van der Waals surface area contributed by atoms with Crippen molar-refractivity contribution < 1.29 is 76.6 Å². The number of amides is 3. The SMILES string of the molecule is CSN(C(=O)NCC(C)(C)OP(=O)(O)O)c1nn(CC(F)(F)F)c2c(-c3ccc(C#CC(C)(C)S(C)=O)nc3C(Cc3cc(F)cc(F)c3)NC(=O)CN=C3/C(=C(\N)C(F)(F)F)[C@@H](C)CC3(F)F)ccc(Cl)c12. The van der Waals surface area contributed by atoms with Crippen LogP contribution in [0, 0.1) is 29.4 Å². The molecule has 5 rings (SSSR count). The minimum absolute atomic E-state index is 0.134. The van der Waals surface area contributed by atoms with Crippen LogP contribution >= 0.6 is 31.4 Å². The molecule has 2 heterocycles. The number of nitrogens with zero attached hydrogens (tertiary/aromatic N) is 5. The Morgan fingerprint density at radius 2 is 1.70 bits per heavy atom. The van der Waals surface area contributed by atoms with E-state index in [2.05, 4.69) is 37.5 Å². The summed E-state index contributed by atoms with van der Waals surface area (Å²) in [6.45, 7) is 2.90. The summed E-state index contributed by atoms with van der Waals surface area (Å²) in [5, 5.41) is 8.43. The summed E-state index contributed by atoms with van der Waals surface area (Å²) < 4.78 is 174. The zero-order chi connectivity index (χ0) is 55.0. The maximum absolute atomic E-state index is 15.3. The summed E-state index contributed by atoms with van der Waals surface area (Å²) >= 11 is 7.34. The number of anilines is 1. The van der Waals surface area contributed by atoms with Gasteiger partial charge < -0.3 is 26.2 Å². The van der Waals surface area contributed by atoms with E-state index in [1.54, 1.807) is 0 Å². The van der Waals surface area contributed by atoms with Crippen molar-refractivity contribution >= 4 is 76.5 Å². The first-order chi connectivity index (χ1) is 33.4. The molecule has 2 aromatic carbocycles. The van der Waals surface area contributed by atoms with Gasteiger partial charge in [0, 0.05) is 59.0 Å². The van der Waals surface area contributed by atoms with Crippen LogP contribution in [0.25, 0.3) is 22.0 Å². The minimum atomic E-state index is -5.26. The highest BCUT2D eigenvalue weighted by molar-refractivity contribution is 8.00. The molecule has 0 aliphatic heterocycles. The Bertz CT molecular complexity index is 2990. The second-order valence-corrected chi connectivity index (χ2v) is 21.9. The van der Waals surface area contributed by atoms with E-state index < -0.39 is 144 Å². The Labute approximate surface area is 422 Å². The number of carbonyl (C=O) groups is 2. The predicted octanol–water partition coefficient (Wildman–Crippen LogP) is 9.07. The fourth-order valence-electron chi connectivity index (χ4n) is 7.54. The molecule has 0 saturated heterocycles. The van der Waals surface area contributed by atoms with Crippen LogP contribution in [0.1, 0.15) is 64.0 Å². The van der Waals surface area contributed by atoms with Gasteiger partial charge in [-0.1, -0.05) is 30.5 Å². The van der Waals surface area contributed by atoms with Crippen LogP contribution in [-0.4, -0.2) is 101 Å². The molecule has 6 N–H and O–H groups in total. The van der Waals surface area contributed by atoms with Gasteiger partial charge in [-0.3, -0.25) is 23.2 Å². The topological polar surface area (TPSA) is 214 Å². The molecule has 0 spiro atoms. The third kappa shape index (κ3) is 14.8. The maximum atomic E-state index is 15.3. The van der Waals surface area contributed by atoms with E-state index in [1.165, 1.54) is 64.5 Å². The predicted molar refractivity (Wildman–Crippen MR) is 255 cm³/mol. The maximum Gasteiger partial charge on any atom is 0.470 e. The van der Waals surface area contributed by atoms with Crippen LogP contribution < -0.4 is 20.7 Å². The average molecular weight is 1120 g/mol. The second-order valence-electron chi connectivity index (χ2n) is 17.6. The molecule has 1 fully saturated rings. The van der Waals surface area contributed by atoms with E-state index in [1.807, 2.05) is 0 Å². The number of aromatic nitrogens is 3. The number of nitrogens with two attached hydrogens (primary N) is 1. The fourth-order valence-corrected chi connectivity index (χ4v) is 9.21. The molecule has 0 radical (unpaired) electrons. The smallest absolute Gasteiger partial charge is 0.394 e. The van der Waals surface area contributed by atoms with Crippen molar-refractivity contribution in [2.24, 2.45) is 16.6 Å². The number of alkyl halides is 8. The summed E-state index contributed by atoms with van der Waals surface area (Å²) in [6.07, 6.45) is -9.33. The fraction of sp³-hybridized carbons (Fsp3) is 0.432. The number of halogens is 11. The van der Waals surface area contributed by atoms with Crippen LogP contribution in [-0.2, 0) is 37.6 Å².